The van der Waals surface area contributed by atoms with Gasteiger partial charge in [-0.2, -0.15) is 15.6 Å². The summed E-state index contributed by atoms with van der Waals surface area (Å²) in [5.41, 5.74) is 4.77. The minimum Gasteiger partial charge on any atom is -0.850 e. The molecule has 0 bridgehead atoms. The van der Waals surface area contributed by atoms with Crippen LogP contribution in [-0.2, 0) is 6.42 Å². The van der Waals surface area contributed by atoms with Crippen molar-refractivity contribution in [2.75, 3.05) is 0 Å². The largest absolute Gasteiger partial charge is 1.00 e. The van der Waals surface area contributed by atoms with E-state index in [1.54, 1.807) is 73.8 Å². The van der Waals surface area contributed by atoms with Gasteiger partial charge in [0.05, 0.1) is 40.0 Å². The van der Waals surface area contributed by atoms with E-state index in [-0.39, 0.29) is 86.2 Å². The molecule has 0 unspecified atom stereocenters. The fraction of sp³-hybridized carbons (Fsp3) is 0.148. The predicted molar refractivity (Wildman–Crippen MR) is 247 cm³/mol. The topological polar surface area (TPSA) is 144 Å². The Kier molecular flexibility index (Phi) is 22.8. The number of carbonyl (C=O) groups excluding carboxylic acids is 1. The summed E-state index contributed by atoms with van der Waals surface area (Å²) in [5.74, 6) is 1.37. The summed E-state index contributed by atoms with van der Waals surface area (Å²) in [6.45, 7) is 8.77. The molecule has 0 fully saturated rings. The van der Waals surface area contributed by atoms with Crippen LogP contribution < -0.4 is 66.0 Å². The first-order valence-corrected chi connectivity index (χ1v) is 20.6. The molecule has 0 saturated heterocycles. The number of hydrogen-bond donors (Lipinski definition) is 1. The number of nitrogens with zero attached hydrogens (tertiary/aromatic N) is 4. The van der Waals surface area contributed by atoms with Crippen LogP contribution in [0.3, 0.4) is 0 Å². The maximum Gasteiger partial charge on any atom is 1.00 e. The number of benzene rings is 6. The number of carbonyl (C=O) groups is 1. The van der Waals surface area contributed by atoms with Crippen molar-refractivity contribution >= 4 is 11.3 Å². The van der Waals surface area contributed by atoms with Crippen LogP contribution in [0.4, 0.5) is 17.6 Å². The summed E-state index contributed by atoms with van der Waals surface area (Å²) < 4.78 is 62.6. The fourth-order valence-electron chi connectivity index (χ4n) is 5.56. The van der Waals surface area contributed by atoms with E-state index in [0.29, 0.717) is 52.5 Å². The van der Waals surface area contributed by atoms with Crippen molar-refractivity contribution in [1.82, 2.24) is 9.61 Å². The van der Waals surface area contributed by atoms with Crippen molar-refractivity contribution in [2.24, 2.45) is 0 Å². The number of aromatic nitrogens is 2. The van der Waals surface area contributed by atoms with Crippen LogP contribution in [0.1, 0.15) is 65.5 Å². The zero-order valence-electron chi connectivity index (χ0n) is 38.4. The van der Waals surface area contributed by atoms with Gasteiger partial charge in [0.2, 0.25) is 0 Å². The number of ketones is 1. The second-order valence-electron chi connectivity index (χ2n) is 15.5. The Hall–Kier alpha value is -6.62. The summed E-state index contributed by atoms with van der Waals surface area (Å²) in [4.78, 5) is 12.9. The van der Waals surface area contributed by atoms with Crippen molar-refractivity contribution in [3.63, 3.8) is 0 Å². The summed E-state index contributed by atoms with van der Waals surface area (Å²) >= 11 is 0. The maximum absolute atomic E-state index is 13.0. The van der Waals surface area contributed by atoms with Crippen LogP contribution in [0.2, 0.25) is 0 Å². The quantitative estimate of drug-likeness (QED) is 0.0902. The minimum absolute atomic E-state index is 0. The number of ether oxygens (including phenoxy) is 2. The van der Waals surface area contributed by atoms with Gasteiger partial charge in [0, 0.05) is 12.6 Å². The monoisotopic (exact) mass is 946 g/mol. The van der Waals surface area contributed by atoms with E-state index in [1.807, 2.05) is 68.6 Å². The molecule has 1 N–H and O–H groups in total. The van der Waals surface area contributed by atoms with E-state index in [9.17, 15) is 27.5 Å². The molecule has 9 nitrogen and oxygen atoms in total. The predicted octanol–water partition coefficient (Wildman–Crippen LogP) is 9.57. The van der Waals surface area contributed by atoms with Crippen molar-refractivity contribution in [3.05, 3.63) is 221 Å². The third-order valence-corrected chi connectivity index (χ3v) is 8.69. The van der Waals surface area contributed by atoms with Gasteiger partial charge in [-0.3, -0.25) is 4.79 Å². The Balaban J connectivity index is 0.000000262. The van der Waals surface area contributed by atoms with Gasteiger partial charge in [-0.1, -0.05) is 32.9 Å². The van der Waals surface area contributed by atoms with E-state index in [1.165, 1.54) is 72.8 Å². The van der Waals surface area contributed by atoms with Gasteiger partial charge in [0.15, 0.2) is 5.78 Å². The zero-order chi connectivity index (χ0) is 48.9. The SMILES string of the molecule is CC(C)(C)[O-].Cc1ccn2nc(C)c(C(=O)CCc3ccc(Oc4ccc(F)cc4)cc3)c2c1.N#Cc1ccc(F)cc1.N#Cc1ccc(Oc2ccc(F)cc2)cc1.Oc1ccc(F)cc1.[K+]. The summed E-state index contributed by atoms with van der Waals surface area (Å²) in [6.07, 6.45) is 2.93. The average molecular weight is 947 g/mol. The van der Waals surface area contributed by atoms with E-state index >= 15 is 0 Å². The molecule has 0 aliphatic heterocycles. The van der Waals surface area contributed by atoms with Crippen LogP contribution in [0, 0.1) is 59.8 Å². The molecule has 6 aromatic carbocycles. The third kappa shape index (κ3) is 20.5. The third-order valence-electron chi connectivity index (χ3n) is 8.69. The molecular weight excluding hydrogens is 900 g/mol. The van der Waals surface area contributed by atoms with Crippen molar-refractivity contribution < 1.29 is 93.4 Å². The first-order valence-electron chi connectivity index (χ1n) is 20.6. The molecule has 8 aromatic rings. The number of halogens is 4. The maximum atomic E-state index is 13.0. The molecular formula is C54H47F4KN4O5. The molecule has 0 atom stereocenters. The fourth-order valence-corrected chi connectivity index (χ4v) is 5.56. The molecule has 8 rings (SSSR count). The molecule has 0 saturated carbocycles. The van der Waals surface area contributed by atoms with E-state index in [2.05, 4.69) is 5.10 Å². The number of aryl methyl sites for hydroxylation is 3. The smallest absolute Gasteiger partial charge is 0.850 e. The van der Waals surface area contributed by atoms with Crippen molar-refractivity contribution in [2.45, 2.75) is 53.1 Å². The van der Waals surface area contributed by atoms with E-state index in [0.717, 1.165) is 22.3 Å². The molecule has 0 spiro atoms. The number of rotatable bonds is 8. The Morgan fingerprint density at radius 3 is 1.38 bits per heavy atom. The number of pyridine rings is 1. The van der Waals surface area contributed by atoms with E-state index in [4.69, 9.17) is 25.1 Å². The number of phenols is 1. The van der Waals surface area contributed by atoms with Crippen LogP contribution in [0.15, 0.2) is 164 Å². The van der Waals surface area contributed by atoms with Crippen LogP contribution in [0.5, 0.6) is 28.7 Å². The van der Waals surface area contributed by atoms with Crippen LogP contribution >= 0.6 is 0 Å². The average Bonchev–Trinajstić information content (AvgIpc) is 3.64. The Labute approximate surface area is 435 Å². The van der Waals surface area contributed by atoms with Gasteiger partial charge in [-0.25, -0.2) is 22.1 Å². The number of aromatic hydroxyl groups is 1. The molecule has 0 radical (unpaired) electrons. The first-order chi connectivity index (χ1) is 31.9. The van der Waals surface area contributed by atoms with E-state index < -0.39 is 5.60 Å². The Morgan fingerprint density at radius 2 is 0.985 bits per heavy atom. The number of phenolic OH excluding ortho intramolecular Hbond substituents is 1. The summed E-state index contributed by atoms with van der Waals surface area (Å²) in [6, 6.07) is 44.3. The number of Topliss-reactive ketones (excluding diaryl/α,β-unsaturated/α-hetero) is 1. The Morgan fingerprint density at radius 1 is 0.632 bits per heavy atom. The van der Waals surface area contributed by atoms with Gasteiger partial charge in [0.1, 0.15) is 52.0 Å². The first kappa shape index (κ1) is 55.7. The molecule has 0 aliphatic rings. The summed E-state index contributed by atoms with van der Waals surface area (Å²) in [7, 11) is 0. The number of hydrogen-bond acceptors (Lipinski definition) is 8. The Bertz CT molecular complexity index is 2850. The van der Waals surface area contributed by atoms with Gasteiger partial charge < -0.3 is 19.7 Å². The second kappa shape index (κ2) is 27.9. The van der Waals surface area contributed by atoms with Gasteiger partial charge in [-0.15, -0.1) is 5.60 Å². The number of fused-ring (bicyclic) bond motifs is 1. The van der Waals surface area contributed by atoms with Crippen LogP contribution in [0.25, 0.3) is 5.52 Å². The molecule has 0 amide bonds. The molecule has 14 heteroatoms. The molecule has 2 aromatic heterocycles. The van der Waals surface area contributed by atoms with Crippen molar-refractivity contribution in [3.8, 4) is 40.9 Å². The molecule has 2 heterocycles. The summed E-state index contributed by atoms with van der Waals surface area (Å²) in [5, 5.41) is 40.0. The van der Waals surface area contributed by atoms with Crippen molar-refractivity contribution in [1.29, 1.82) is 10.5 Å². The minimum atomic E-state index is -0.750. The normalized spacial score (nSPS) is 10.0. The zero-order valence-corrected chi connectivity index (χ0v) is 41.5. The second-order valence-corrected chi connectivity index (χ2v) is 15.5. The molecule has 0 aliphatic carbocycles. The van der Waals surface area contributed by atoms with Gasteiger partial charge in [0.25, 0.3) is 0 Å². The standard InChI is InChI=1S/C24H21FN2O2.C13H8FNO.C7H4FN.C6H5FO.C4H9O.K/c1-16-13-14-27-22(15-16)24(17(2)26-27)23(28)12-5-18-3-8-20(9-4-18)29-21-10-6-19(25)7-11-21;14-11-3-7-13(8-4-11)16-12-5-1-10(9-15)2-6-12;8-7-3-1-6(5-9)2-4-7;7-5-1-3-6(8)4-2-5;1-4(2,3)5;/h3-4,6-11,13-15H,5,12H2,1-2H3;1-8H;1-4H;1-4,8H;1-3H3;/q;;;;-1;+1. The van der Waals surface area contributed by atoms with Gasteiger partial charge >= 0.3 is 51.4 Å². The molecule has 342 valence electrons. The van der Waals surface area contributed by atoms with Gasteiger partial charge in [-0.05, 0) is 177 Å². The molecule has 68 heavy (non-hydrogen) atoms. The van der Waals surface area contributed by atoms with Crippen LogP contribution in [-0.4, -0.2) is 26.1 Å². The number of nitriles is 2.